The zero-order valence-electron chi connectivity index (χ0n) is 10.6. The highest BCUT2D eigenvalue weighted by atomic mass is 16.2. The van der Waals surface area contributed by atoms with Gasteiger partial charge in [0, 0.05) is 19.6 Å². The van der Waals surface area contributed by atoms with Crippen LogP contribution in [0.1, 0.15) is 46.0 Å². The van der Waals surface area contributed by atoms with E-state index in [1.807, 2.05) is 11.8 Å². The number of urea groups is 1. The summed E-state index contributed by atoms with van der Waals surface area (Å²) in [5.74, 6) is 0. The SMILES string of the molecule is CCCNC(=O)N(CC)C1(CN)CCCC1. The zero-order valence-corrected chi connectivity index (χ0v) is 10.6. The molecule has 0 atom stereocenters. The average Bonchev–Trinajstić information content (AvgIpc) is 2.77. The fourth-order valence-corrected chi connectivity index (χ4v) is 2.64. The summed E-state index contributed by atoms with van der Waals surface area (Å²) < 4.78 is 0. The van der Waals surface area contributed by atoms with Gasteiger partial charge in [0.1, 0.15) is 0 Å². The lowest BCUT2D eigenvalue weighted by Crippen LogP contribution is -2.57. The van der Waals surface area contributed by atoms with E-state index in [1.165, 1.54) is 12.8 Å². The van der Waals surface area contributed by atoms with E-state index in [0.29, 0.717) is 6.54 Å². The molecule has 0 aromatic heterocycles. The van der Waals surface area contributed by atoms with E-state index < -0.39 is 0 Å². The van der Waals surface area contributed by atoms with Crippen molar-refractivity contribution in [2.45, 2.75) is 51.5 Å². The lowest BCUT2D eigenvalue weighted by atomic mass is 9.95. The van der Waals surface area contributed by atoms with Gasteiger partial charge >= 0.3 is 6.03 Å². The van der Waals surface area contributed by atoms with Gasteiger partial charge in [-0.05, 0) is 26.2 Å². The molecule has 4 heteroatoms. The third-order valence-corrected chi connectivity index (χ3v) is 3.57. The number of rotatable bonds is 5. The van der Waals surface area contributed by atoms with E-state index in [1.54, 1.807) is 0 Å². The van der Waals surface area contributed by atoms with Crippen molar-refractivity contribution in [1.29, 1.82) is 0 Å². The third-order valence-electron chi connectivity index (χ3n) is 3.57. The summed E-state index contributed by atoms with van der Waals surface area (Å²) in [7, 11) is 0. The molecule has 1 saturated carbocycles. The van der Waals surface area contributed by atoms with Gasteiger partial charge in [-0.3, -0.25) is 0 Å². The lowest BCUT2D eigenvalue weighted by molar-refractivity contribution is 0.124. The van der Waals surface area contributed by atoms with Crippen molar-refractivity contribution in [2.75, 3.05) is 19.6 Å². The topological polar surface area (TPSA) is 58.4 Å². The first kappa shape index (κ1) is 13.3. The fourth-order valence-electron chi connectivity index (χ4n) is 2.64. The largest absolute Gasteiger partial charge is 0.338 e. The predicted octanol–water partition coefficient (Wildman–Crippen LogP) is 1.70. The minimum absolute atomic E-state index is 0.0525. The van der Waals surface area contributed by atoms with Crippen LogP contribution < -0.4 is 11.1 Å². The van der Waals surface area contributed by atoms with E-state index in [0.717, 1.165) is 32.4 Å². The average molecular weight is 227 g/mol. The van der Waals surface area contributed by atoms with Crippen LogP contribution in [0.2, 0.25) is 0 Å². The minimum Gasteiger partial charge on any atom is -0.338 e. The molecule has 0 heterocycles. The van der Waals surface area contributed by atoms with Crippen LogP contribution in [0, 0.1) is 0 Å². The summed E-state index contributed by atoms with van der Waals surface area (Å²) in [5.41, 5.74) is 5.81. The molecule has 0 aliphatic heterocycles. The highest BCUT2D eigenvalue weighted by molar-refractivity contribution is 5.75. The minimum atomic E-state index is -0.0768. The van der Waals surface area contributed by atoms with Crippen LogP contribution in [0.3, 0.4) is 0 Å². The molecule has 1 aliphatic carbocycles. The summed E-state index contributed by atoms with van der Waals surface area (Å²) in [5, 5.41) is 2.95. The number of nitrogens with one attached hydrogen (secondary N) is 1. The van der Waals surface area contributed by atoms with Gasteiger partial charge in [0.2, 0.25) is 0 Å². The van der Waals surface area contributed by atoms with Gasteiger partial charge in [-0.2, -0.15) is 0 Å². The van der Waals surface area contributed by atoms with E-state index in [4.69, 9.17) is 5.73 Å². The van der Waals surface area contributed by atoms with Gasteiger partial charge in [0.25, 0.3) is 0 Å². The molecule has 4 nitrogen and oxygen atoms in total. The van der Waals surface area contributed by atoms with Crippen LogP contribution >= 0.6 is 0 Å². The summed E-state index contributed by atoms with van der Waals surface area (Å²) in [6.07, 6.45) is 5.45. The van der Waals surface area contributed by atoms with Crippen LogP contribution in [0.4, 0.5) is 4.79 Å². The Morgan fingerprint density at radius 2 is 2.00 bits per heavy atom. The van der Waals surface area contributed by atoms with Crippen LogP contribution in [0.25, 0.3) is 0 Å². The number of nitrogens with two attached hydrogens (primary N) is 1. The maximum Gasteiger partial charge on any atom is 0.317 e. The first-order valence-corrected chi connectivity index (χ1v) is 6.45. The first-order chi connectivity index (χ1) is 7.70. The monoisotopic (exact) mass is 227 g/mol. The normalized spacial score (nSPS) is 18.4. The molecule has 2 amide bonds. The molecule has 1 fully saturated rings. The second-order valence-corrected chi connectivity index (χ2v) is 4.61. The van der Waals surface area contributed by atoms with Crippen molar-refractivity contribution in [2.24, 2.45) is 5.73 Å². The van der Waals surface area contributed by atoms with Crippen LogP contribution in [0.5, 0.6) is 0 Å². The number of amides is 2. The van der Waals surface area contributed by atoms with Crippen molar-refractivity contribution in [3.05, 3.63) is 0 Å². The molecule has 1 aliphatic rings. The van der Waals surface area contributed by atoms with E-state index in [9.17, 15) is 4.79 Å². The van der Waals surface area contributed by atoms with Crippen molar-refractivity contribution in [3.8, 4) is 0 Å². The Labute approximate surface area is 98.6 Å². The van der Waals surface area contributed by atoms with Crippen LogP contribution in [-0.2, 0) is 0 Å². The van der Waals surface area contributed by atoms with Gasteiger partial charge in [-0.1, -0.05) is 19.8 Å². The predicted molar refractivity (Wildman–Crippen MR) is 66.3 cm³/mol. The highest BCUT2D eigenvalue weighted by Gasteiger charge is 2.40. The molecule has 0 radical (unpaired) electrons. The number of likely N-dealkylation sites (N-methyl/N-ethyl adjacent to an activating group) is 1. The highest BCUT2D eigenvalue weighted by Crippen LogP contribution is 2.34. The summed E-state index contributed by atoms with van der Waals surface area (Å²) in [6.45, 7) is 6.16. The second-order valence-electron chi connectivity index (χ2n) is 4.61. The molecular formula is C12H25N3O. The zero-order chi connectivity index (χ0) is 12.0. The molecule has 94 valence electrons. The van der Waals surface area contributed by atoms with Crippen molar-refractivity contribution in [3.63, 3.8) is 0 Å². The quantitative estimate of drug-likeness (QED) is 0.751. The van der Waals surface area contributed by atoms with Gasteiger partial charge in [0.15, 0.2) is 0 Å². The maximum absolute atomic E-state index is 12.0. The maximum atomic E-state index is 12.0. The summed E-state index contributed by atoms with van der Waals surface area (Å²) >= 11 is 0. The molecule has 0 aromatic carbocycles. The molecular weight excluding hydrogens is 202 g/mol. The van der Waals surface area contributed by atoms with Gasteiger partial charge in [-0.25, -0.2) is 4.79 Å². The first-order valence-electron chi connectivity index (χ1n) is 6.45. The smallest absolute Gasteiger partial charge is 0.317 e. The Hall–Kier alpha value is -0.770. The number of nitrogens with zero attached hydrogens (tertiary/aromatic N) is 1. The lowest BCUT2D eigenvalue weighted by Gasteiger charge is -2.40. The molecule has 0 saturated heterocycles. The molecule has 1 rings (SSSR count). The van der Waals surface area contributed by atoms with E-state index >= 15 is 0 Å². The summed E-state index contributed by atoms with van der Waals surface area (Å²) in [6, 6.07) is 0.0525. The second kappa shape index (κ2) is 6.09. The number of carbonyl (C=O) groups is 1. The van der Waals surface area contributed by atoms with Crippen molar-refractivity contribution < 1.29 is 4.79 Å². The number of hydrogen-bond acceptors (Lipinski definition) is 2. The standard InChI is InChI=1S/C12H25N3O/c1-3-9-14-11(16)15(4-2)12(10-13)7-5-6-8-12/h3-10,13H2,1-2H3,(H,14,16). The number of carbonyl (C=O) groups excluding carboxylic acids is 1. The Balaban J connectivity index is 2.67. The molecule has 0 unspecified atom stereocenters. The fraction of sp³-hybridized carbons (Fsp3) is 0.917. The van der Waals surface area contributed by atoms with Gasteiger partial charge < -0.3 is 16.0 Å². The van der Waals surface area contributed by atoms with Gasteiger partial charge in [0.05, 0.1) is 5.54 Å². The van der Waals surface area contributed by atoms with Gasteiger partial charge in [-0.15, -0.1) is 0 Å². The Morgan fingerprint density at radius 1 is 1.38 bits per heavy atom. The third kappa shape index (κ3) is 2.67. The van der Waals surface area contributed by atoms with Crippen molar-refractivity contribution in [1.82, 2.24) is 10.2 Å². The molecule has 0 bridgehead atoms. The van der Waals surface area contributed by atoms with E-state index in [2.05, 4.69) is 12.2 Å². The molecule has 16 heavy (non-hydrogen) atoms. The molecule has 0 aromatic rings. The molecule has 0 spiro atoms. The molecule has 3 N–H and O–H groups in total. The van der Waals surface area contributed by atoms with E-state index in [-0.39, 0.29) is 11.6 Å². The Kier molecular flexibility index (Phi) is 5.06. The number of hydrogen-bond donors (Lipinski definition) is 2. The summed E-state index contributed by atoms with van der Waals surface area (Å²) in [4.78, 5) is 14.0. The van der Waals surface area contributed by atoms with Crippen LogP contribution in [0.15, 0.2) is 0 Å². The van der Waals surface area contributed by atoms with Crippen molar-refractivity contribution >= 4 is 6.03 Å². The van der Waals surface area contributed by atoms with Crippen LogP contribution in [-0.4, -0.2) is 36.1 Å². The Bertz CT molecular complexity index is 224. The Morgan fingerprint density at radius 3 is 2.44 bits per heavy atom.